The molecule has 1 heterocycles. The summed E-state index contributed by atoms with van der Waals surface area (Å²) in [5, 5.41) is 6.13. The van der Waals surface area contributed by atoms with Gasteiger partial charge >= 0.3 is 0 Å². The van der Waals surface area contributed by atoms with Gasteiger partial charge in [-0.05, 0) is 42.0 Å². The number of hydrogen-bond donors (Lipinski definition) is 3. The van der Waals surface area contributed by atoms with Gasteiger partial charge in [0.1, 0.15) is 11.5 Å². The Morgan fingerprint density at radius 1 is 0.970 bits per heavy atom. The second-order valence-corrected chi connectivity index (χ2v) is 8.10. The number of rotatable bonds is 7. The predicted octanol–water partition coefficient (Wildman–Crippen LogP) is 5.00. The van der Waals surface area contributed by atoms with Crippen LogP contribution in [0.3, 0.4) is 0 Å². The van der Waals surface area contributed by atoms with Crippen molar-refractivity contribution in [1.82, 2.24) is 20.6 Å². The molecule has 4 aromatic rings. The minimum absolute atomic E-state index is 0.0989. The maximum Gasteiger partial charge on any atom is 0.267 e. The summed E-state index contributed by atoms with van der Waals surface area (Å²) < 4.78 is 0. The van der Waals surface area contributed by atoms with Gasteiger partial charge in [0.25, 0.3) is 11.8 Å². The Morgan fingerprint density at radius 3 is 2.48 bits per heavy atom. The molecule has 6 nitrogen and oxygen atoms in total. The molecule has 0 spiro atoms. The Bertz CT molecular complexity index is 1300. The number of benzene rings is 3. The summed E-state index contributed by atoms with van der Waals surface area (Å²) in [7, 11) is 0. The molecule has 0 saturated carbocycles. The van der Waals surface area contributed by atoms with E-state index in [1.165, 1.54) is 12.1 Å². The van der Waals surface area contributed by atoms with Crippen LogP contribution in [-0.2, 0) is 11.2 Å². The number of hydrogen-bond acceptors (Lipinski definition) is 3. The topological polar surface area (TPSA) is 86.9 Å². The maximum absolute atomic E-state index is 12.9. The van der Waals surface area contributed by atoms with Crippen molar-refractivity contribution >= 4 is 52.1 Å². The van der Waals surface area contributed by atoms with Crippen molar-refractivity contribution in [2.24, 2.45) is 0 Å². The number of nitrogens with zero attached hydrogens (tertiary/aromatic N) is 1. The lowest BCUT2D eigenvalue weighted by molar-refractivity contribution is -0.117. The van der Waals surface area contributed by atoms with E-state index < -0.39 is 11.8 Å². The summed E-state index contributed by atoms with van der Waals surface area (Å²) in [5.74, 6) is -0.165. The van der Waals surface area contributed by atoms with Gasteiger partial charge in [0, 0.05) is 18.0 Å². The third-order valence-corrected chi connectivity index (χ3v) is 5.41. The lowest BCUT2D eigenvalue weighted by Gasteiger charge is -2.12. The number of aromatic amines is 1. The molecule has 0 fully saturated rings. The average molecular weight is 479 g/mol. The number of fused-ring (bicyclic) bond motifs is 1. The van der Waals surface area contributed by atoms with Crippen LogP contribution in [0.5, 0.6) is 0 Å². The van der Waals surface area contributed by atoms with E-state index in [-0.39, 0.29) is 16.3 Å². The minimum atomic E-state index is -0.508. The van der Waals surface area contributed by atoms with Crippen molar-refractivity contribution in [1.29, 1.82) is 0 Å². The average Bonchev–Trinajstić information content (AvgIpc) is 3.22. The number of nitrogens with one attached hydrogen (secondary N) is 3. The largest absolute Gasteiger partial charge is 0.350 e. The van der Waals surface area contributed by atoms with Gasteiger partial charge in [0.2, 0.25) is 0 Å². The van der Waals surface area contributed by atoms with Crippen LogP contribution in [0.25, 0.3) is 17.1 Å². The molecule has 3 aromatic carbocycles. The summed E-state index contributed by atoms with van der Waals surface area (Å²) in [6.07, 6.45) is 2.12. The van der Waals surface area contributed by atoms with E-state index in [2.05, 4.69) is 20.6 Å². The van der Waals surface area contributed by atoms with Gasteiger partial charge < -0.3 is 15.6 Å². The standard InChI is InChI=1S/C25H20Cl2N4O2/c26-17-10-11-18(19(27)15-17)24(32)31-22(14-16-6-2-1-3-7-16)25(33)28-13-12-23-29-20-8-4-5-9-21(20)30-23/h1-11,14-15H,12-13H2,(H,28,33)(H,29,30)(H,31,32)/b22-14-. The number of imidazole rings is 1. The van der Waals surface area contributed by atoms with E-state index in [1.807, 2.05) is 54.6 Å². The molecule has 1 aromatic heterocycles. The third kappa shape index (κ3) is 5.80. The first-order valence-electron chi connectivity index (χ1n) is 10.2. The van der Waals surface area contributed by atoms with Crippen LogP contribution in [0.4, 0.5) is 0 Å². The Balaban J connectivity index is 1.48. The van der Waals surface area contributed by atoms with Gasteiger partial charge in [-0.15, -0.1) is 0 Å². The van der Waals surface area contributed by atoms with Crippen molar-refractivity contribution in [2.75, 3.05) is 6.54 Å². The summed E-state index contributed by atoms with van der Waals surface area (Å²) in [6.45, 7) is 0.336. The number of para-hydroxylation sites is 2. The number of carbonyl (C=O) groups excluding carboxylic acids is 2. The fourth-order valence-corrected chi connectivity index (χ4v) is 3.75. The van der Waals surface area contributed by atoms with Crippen molar-refractivity contribution < 1.29 is 9.59 Å². The smallest absolute Gasteiger partial charge is 0.267 e. The second kappa shape index (κ2) is 10.3. The lowest BCUT2D eigenvalue weighted by Crippen LogP contribution is -2.36. The van der Waals surface area contributed by atoms with Crippen molar-refractivity contribution in [2.45, 2.75) is 6.42 Å². The highest BCUT2D eigenvalue weighted by atomic mass is 35.5. The zero-order valence-electron chi connectivity index (χ0n) is 17.4. The SMILES string of the molecule is O=C(NCCc1nc2ccccc2[nH]1)/C(=C/c1ccccc1)NC(=O)c1ccc(Cl)cc1Cl. The van der Waals surface area contributed by atoms with E-state index >= 15 is 0 Å². The van der Waals surface area contributed by atoms with E-state index in [0.717, 1.165) is 22.4 Å². The maximum atomic E-state index is 12.9. The first-order chi connectivity index (χ1) is 16.0. The zero-order chi connectivity index (χ0) is 23.2. The Hall–Kier alpha value is -3.61. The fourth-order valence-electron chi connectivity index (χ4n) is 3.25. The number of carbonyl (C=O) groups is 2. The molecule has 33 heavy (non-hydrogen) atoms. The molecule has 3 N–H and O–H groups in total. The Kier molecular flexibility index (Phi) is 7.07. The quantitative estimate of drug-likeness (QED) is 0.326. The molecular formula is C25H20Cl2N4O2. The number of aromatic nitrogens is 2. The van der Waals surface area contributed by atoms with E-state index in [0.29, 0.717) is 18.0 Å². The summed E-state index contributed by atoms with van der Waals surface area (Å²) in [4.78, 5) is 33.5. The van der Waals surface area contributed by atoms with E-state index in [4.69, 9.17) is 23.2 Å². The molecule has 2 amide bonds. The molecule has 4 rings (SSSR count). The van der Waals surface area contributed by atoms with Gasteiger partial charge in [-0.1, -0.05) is 65.7 Å². The minimum Gasteiger partial charge on any atom is -0.350 e. The molecule has 0 unspecified atom stereocenters. The summed E-state index contributed by atoms with van der Waals surface area (Å²) in [6, 6.07) is 21.5. The number of amides is 2. The van der Waals surface area contributed by atoms with Crippen LogP contribution >= 0.6 is 23.2 Å². The van der Waals surface area contributed by atoms with E-state index in [9.17, 15) is 9.59 Å². The van der Waals surface area contributed by atoms with Crippen molar-refractivity contribution in [3.8, 4) is 0 Å². The molecule has 0 bridgehead atoms. The van der Waals surface area contributed by atoms with Gasteiger partial charge in [-0.25, -0.2) is 4.98 Å². The predicted molar refractivity (Wildman–Crippen MR) is 131 cm³/mol. The summed E-state index contributed by atoms with van der Waals surface area (Å²) in [5.41, 5.74) is 2.89. The van der Waals surface area contributed by atoms with Crippen LogP contribution in [0.2, 0.25) is 10.0 Å². The third-order valence-electron chi connectivity index (χ3n) is 4.86. The molecule has 0 aliphatic carbocycles. The number of halogens is 2. The first-order valence-corrected chi connectivity index (χ1v) is 11.0. The fraction of sp³-hybridized carbons (Fsp3) is 0.0800. The van der Waals surface area contributed by atoms with Crippen molar-refractivity contribution in [3.05, 3.63) is 105 Å². The highest BCUT2D eigenvalue weighted by Crippen LogP contribution is 2.21. The molecule has 8 heteroatoms. The van der Waals surface area contributed by atoms with Crippen LogP contribution in [0.1, 0.15) is 21.7 Å². The molecular weight excluding hydrogens is 459 g/mol. The van der Waals surface area contributed by atoms with Gasteiger partial charge in [0.05, 0.1) is 21.6 Å². The normalized spacial score (nSPS) is 11.4. The van der Waals surface area contributed by atoms with Crippen molar-refractivity contribution in [3.63, 3.8) is 0 Å². The molecule has 0 aliphatic rings. The van der Waals surface area contributed by atoms with Gasteiger partial charge in [0.15, 0.2) is 0 Å². The lowest BCUT2D eigenvalue weighted by atomic mass is 10.1. The van der Waals surface area contributed by atoms with Crippen LogP contribution < -0.4 is 10.6 Å². The molecule has 0 atom stereocenters. The molecule has 166 valence electrons. The second-order valence-electron chi connectivity index (χ2n) is 7.25. The van der Waals surface area contributed by atoms with Gasteiger partial charge in [-0.2, -0.15) is 0 Å². The molecule has 0 radical (unpaired) electrons. The molecule has 0 saturated heterocycles. The molecule has 0 aliphatic heterocycles. The Morgan fingerprint density at radius 2 is 1.73 bits per heavy atom. The van der Waals surface area contributed by atoms with E-state index in [1.54, 1.807) is 12.1 Å². The highest BCUT2D eigenvalue weighted by Gasteiger charge is 2.17. The number of H-pyrrole nitrogens is 1. The Labute approximate surface area is 200 Å². The van der Waals surface area contributed by atoms with Crippen LogP contribution in [-0.4, -0.2) is 28.3 Å². The highest BCUT2D eigenvalue weighted by molar-refractivity contribution is 6.36. The van der Waals surface area contributed by atoms with Crippen LogP contribution in [0, 0.1) is 0 Å². The zero-order valence-corrected chi connectivity index (χ0v) is 19.0. The van der Waals surface area contributed by atoms with Crippen LogP contribution in [0.15, 0.2) is 78.5 Å². The monoisotopic (exact) mass is 478 g/mol. The first kappa shape index (κ1) is 22.6. The summed E-state index contributed by atoms with van der Waals surface area (Å²) >= 11 is 12.1. The van der Waals surface area contributed by atoms with Gasteiger partial charge in [-0.3, -0.25) is 9.59 Å².